The Labute approximate surface area is 157 Å². The van der Waals surface area contributed by atoms with Gasteiger partial charge in [0.2, 0.25) is 5.91 Å². The maximum atomic E-state index is 13.2. The molecule has 3 rings (SSSR count). The molecule has 0 aliphatic carbocycles. The molecule has 1 N–H and O–H groups in total. The molecule has 1 heterocycles. The van der Waals surface area contributed by atoms with Crippen molar-refractivity contribution in [1.29, 1.82) is 0 Å². The summed E-state index contributed by atoms with van der Waals surface area (Å²) in [6, 6.07) is 16.2. The molecule has 0 spiro atoms. The molecule has 0 atom stereocenters. The summed E-state index contributed by atoms with van der Waals surface area (Å²) in [5, 5.41) is 3.13. The first-order chi connectivity index (χ1) is 12.0. The van der Waals surface area contributed by atoms with Crippen molar-refractivity contribution >= 4 is 27.5 Å². The smallest absolute Gasteiger partial charge is 0.235 e. The van der Waals surface area contributed by atoms with Crippen LogP contribution in [0.4, 0.5) is 5.69 Å². The second-order valence-electron chi connectivity index (χ2n) is 6.93. The quantitative estimate of drug-likeness (QED) is 0.758. The summed E-state index contributed by atoms with van der Waals surface area (Å²) in [6.07, 6.45) is 1.40. The molecule has 1 fully saturated rings. The van der Waals surface area contributed by atoms with Crippen molar-refractivity contribution in [3.8, 4) is 0 Å². The molecule has 25 heavy (non-hydrogen) atoms. The van der Waals surface area contributed by atoms with Gasteiger partial charge in [-0.05, 0) is 54.2 Å². The van der Waals surface area contributed by atoms with Gasteiger partial charge >= 0.3 is 0 Å². The SMILES string of the molecule is CC(C)c1ccc(NC(=O)C2(c3ccc(Br)cc3)CCOCC2)cc1. The molecule has 3 nitrogen and oxygen atoms in total. The predicted octanol–water partition coefficient (Wildman–Crippen LogP) is 5.26. The van der Waals surface area contributed by atoms with Gasteiger partial charge in [0.15, 0.2) is 0 Å². The van der Waals surface area contributed by atoms with Crippen molar-refractivity contribution < 1.29 is 9.53 Å². The van der Waals surface area contributed by atoms with E-state index >= 15 is 0 Å². The molecule has 2 aromatic rings. The van der Waals surface area contributed by atoms with Crippen LogP contribution in [0.25, 0.3) is 0 Å². The number of benzene rings is 2. The number of hydrogen-bond donors (Lipinski definition) is 1. The highest BCUT2D eigenvalue weighted by Gasteiger charge is 2.41. The number of halogens is 1. The molecule has 1 aliphatic rings. The number of nitrogens with one attached hydrogen (secondary N) is 1. The number of carbonyl (C=O) groups is 1. The molecule has 1 aliphatic heterocycles. The van der Waals surface area contributed by atoms with Crippen LogP contribution in [0.5, 0.6) is 0 Å². The molecular weight excluding hydrogens is 378 g/mol. The maximum Gasteiger partial charge on any atom is 0.235 e. The summed E-state index contributed by atoms with van der Waals surface area (Å²) < 4.78 is 6.54. The van der Waals surface area contributed by atoms with E-state index in [1.807, 2.05) is 36.4 Å². The molecule has 1 saturated heterocycles. The van der Waals surface area contributed by atoms with Gasteiger partial charge in [-0.25, -0.2) is 0 Å². The van der Waals surface area contributed by atoms with Crippen LogP contribution in [0.3, 0.4) is 0 Å². The second kappa shape index (κ2) is 7.71. The zero-order valence-corrected chi connectivity index (χ0v) is 16.3. The maximum absolute atomic E-state index is 13.2. The highest BCUT2D eigenvalue weighted by molar-refractivity contribution is 9.10. The van der Waals surface area contributed by atoms with Crippen LogP contribution in [0, 0.1) is 0 Å². The number of amides is 1. The average Bonchev–Trinajstić information content (AvgIpc) is 2.63. The van der Waals surface area contributed by atoms with Crippen LogP contribution in [-0.4, -0.2) is 19.1 Å². The molecule has 1 amide bonds. The van der Waals surface area contributed by atoms with E-state index in [0.29, 0.717) is 32.0 Å². The number of rotatable bonds is 4. The van der Waals surface area contributed by atoms with Gasteiger partial charge in [-0.15, -0.1) is 0 Å². The van der Waals surface area contributed by atoms with Crippen molar-refractivity contribution in [1.82, 2.24) is 0 Å². The summed E-state index contributed by atoms with van der Waals surface area (Å²) in [5.41, 5.74) is 2.63. The Hall–Kier alpha value is -1.65. The molecule has 2 aromatic carbocycles. The minimum Gasteiger partial charge on any atom is -0.381 e. The van der Waals surface area contributed by atoms with Gasteiger partial charge in [-0.2, -0.15) is 0 Å². The van der Waals surface area contributed by atoms with E-state index in [1.54, 1.807) is 0 Å². The summed E-state index contributed by atoms with van der Waals surface area (Å²) in [7, 11) is 0. The van der Waals surface area contributed by atoms with Gasteiger partial charge in [0.1, 0.15) is 0 Å². The van der Waals surface area contributed by atoms with E-state index in [9.17, 15) is 4.79 Å². The summed E-state index contributed by atoms with van der Waals surface area (Å²) in [5.74, 6) is 0.532. The molecule has 0 unspecified atom stereocenters. The lowest BCUT2D eigenvalue weighted by atomic mass is 9.73. The lowest BCUT2D eigenvalue weighted by Gasteiger charge is -2.36. The fourth-order valence-electron chi connectivity index (χ4n) is 3.34. The Bertz CT molecular complexity index is 717. The third-order valence-electron chi connectivity index (χ3n) is 5.01. The molecule has 4 heteroatoms. The van der Waals surface area contributed by atoms with E-state index in [2.05, 4.69) is 47.2 Å². The lowest BCUT2D eigenvalue weighted by molar-refractivity contribution is -0.125. The Balaban J connectivity index is 1.85. The Morgan fingerprint density at radius 1 is 1.04 bits per heavy atom. The van der Waals surface area contributed by atoms with E-state index in [-0.39, 0.29) is 5.91 Å². The molecular formula is C21H24BrNO2. The molecule has 132 valence electrons. The van der Waals surface area contributed by atoms with Crippen LogP contribution in [-0.2, 0) is 14.9 Å². The topological polar surface area (TPSA) is 38.3 Å². The third kappa shape index (κ3) is 3.96. The first-order valence-electron chi connectivity index (χ1n) is 8.76. The molecule has 0 aromatic heterocycles. The summed E-state index contributed by atoms with van der Waals surface area (Å²) >= 11 is 3.47. The molecule has 0 saturated carbocycles. The molecule has 0 radical (unpaired) electrons. The van der Waals surface area contributed by atoms with E-state index in [0.717, 1.165) is 15.7 Å². The van der Waals surface area contributed by atoms with Crippen molar-refractivity contribution in [2.24, 2.45) is 0 Å². The average molecular weight is 402 g/mol. The summed E-state index contributed by atoms with van der Waals surface area (Å²) in [4.78, 5) is 13.2. The number of carbonyl (C=O) groups excluding carboxylic acids is 1. The van der Waals surface area contributed by atoms with Crippen molar-refractivity contribution in [2.75, 3.05) is 18.5 Å². The Kier molecular flexibility index (Phi) is 5.60. The minimum atomic E-state index is -0.532. The number of ether oxygens (including phenoxy) is 1. The minimum absolute atomic E-state index is 0.0513. The zero-order valence-electron chi connectivity index (χ0n) is 14.7. The van der Waals surface area contributed by atoms with Crippen molar-refractivity contribution in [2.45, 2.75) is 38.0 Å². The molecule has 0 bridgehead atoms. The highest BCUT2D eigenvalue weighted by Crippen LogP contribution is 2.36. The number of anilines is 1. The summed E-state index contributed by atoms with van der Waals surface area (Å²) in [6.45, 7) is 5.54. The van der Waals surface area contributed by atoms with Gasteiger partial charge in [0.05, 0.1) is 5.41 Å². The van der Waals surface area contributed by atoms with Gasteiger partial charge in [-0.1, -0.05) is 54.0 Å². The van der Waals surface area contributed by atoms with Crippen molar-refractivity contribution in [3.63, 3.8) is 0 Å². The van der Waals surface area contributed by atoms with Gasteiger partial charge in [-0.3, -0.25) is 4.79 Å². The third-order valence-corrected chi connectivity index (χ3v) is 5.54. The van der Waals surface area contributed by atoms with E-state index < -0.39 is 5.41 Å². The van der Waals surface area contributed by atoms with Crippen LogP contribution >= 0.6 is 15.9 Å². The fourth-order valence-corrected chi connectivity index (χ4v) is 3.60. The monoisotopic (exact) mass is 401 g/mol. The van der Waals surface area contributed by atoms with E-state index in [4.69, 9.17) is 4.74 Å². The Morgan fingerprint density at radius 3 is 2.20 bits per heavy atom. The number of hydrogen-bond acceptors (Lipinski definition) is 2. The fraction of sp³-hybridized carbons (Fsp3) is 0.381. The first kappa shape index (κ1) is 18.2. The van der Waals surface area contributed by atoms with Crippen LogP contribution in [0.2, 0.25) is 0 Å². The zero-order chi connectivity index (χ0) is 17.9. The van der Waals surface area contributed by atoms with Crippen LogP contribution < -0.4 is 5.32 Å². The lowest BCUT2D eigenvalue weighted by Crippen LogP contribution is -2.44. The Morgan fingerprint density at radius 2 is 1.64 bits per heavy atom. The first-order valence-corrected chi connectivity index (χ1v) is 9.56. The van der Waals surface area contributed by atoms with Crippen LogP contribution in [0.15, 0.2) is 53.0 Å². The standard InChI is InChI=1S/C21H24BrNO2/c1-15(2)16-3-9-19(10-4-16)23-20(24)21(11-13-25-14-12-21)17-5-7-18(22)8-6-17/h3-10,15H,11-14H2,1-2H3,(H,23,24). The van der Waals surface area contributed by atoms with Gasteiger partial charge in [0, 0.05) is 23.4 Å². The predicted molar refractivity (Wildman–Crippen MR) is 105 cm³/mol. The van der Waals surface area contributed by atoms with Gasteiger partial charge in [0.25, 0.3) is 0 Å². The van der Waals surface area contributed by atoms with E-state index in [1.165, 1.54) is 5.56 Å². The van der Waals surface area contributed by atoms with Gasteiger partial charge < -0.3 is 10.1 Å². The second-order valence-corrected chi connectivity index (χ2v) is 7.85. The normalized spacial score (nSPS) is 16.6. The van der Waals surface area contributed by atoms with Crippen molar-refractivity contribution in [3.05, 3.63) is 64.1 Å². The highest BCUT2D eigenvalue weighted by atomic mass is 79.9. The largest absolute Gasteiger partial charge is 0.381 e. The van der Waals surface area contributed by atoms with Crippen LogP contribution in [0.1, 0.15) is 43.7 Å².